The van der Waals surface area contributed by atoms with Crippen molar-refractivity contribution in [3.63, 3.8) is 0 Å². The van der Waals surface area contributed by atoms with Crippen LogP contribution in [-0.2, 0) is 25.8 Å². The first kappa shape index (κ1) is 18.6. The second-order valence-electron chi connectivity index (χ2n) is 7.33. The fourth-order valence-electron chi connectivity index (χ4n) is 3.71. The summed E-state index contributed by atoms with van der Waals surface area (Å²) in [7, 11) is 3.60. The first-order valence-electron chi connectivity index (χ1n) is 9.67. The highest BCUT2D eigenvalue weighted by Crippen LogP contribution is 2.26. The lowest BCUT2D eigenvalue weighted by Gasteiger charge is -2.25. The lowest BCUT2D eigenvalue weighted by atomic mass is 9.91. The number of benzene rings is 1. The minimum absolute atomic E-state index is 0.0149. The molecule has 5 heteroatoms. The quantitative estimate of drug-likeness (QED) is 0.832. The number of aromatic nitrogens is 2. The topological polar surface area (TPSA) is 50.2 Å². The summed E-state index contributed by atoms with van der Waals surface area (Å²) in [6.45, 7) is 4.00. The highest BCUT2D eigenvalue weighted by atomic mass is 16.2. The Morgan fingerprint density at radius 2 is 2.08 bits per heavy atom. The van der Waals surface area contributed by atoms with Crippen molar-refractivity contribution in [2.75, 3.05) is 20.6 Å². The zero-order valence-corrected chi connectivity index (χ0v) is 16.2. The fourth-order valence-corrected chi connectivity index (χ4v) is 3.71. The molecule has 0 unspecified atom stereocenters. The van der Waals surface area contributed by atoms with Gasteiger partial charge >= 0.3 is 0 Å². The second kappa shape index (κ2) is 8.49. The maximum Gasteiger partial charge on any atom is 0.274 e. The first-order valence-corrected chi connectivity index (χ1v) is 9.67. The second-order valence-corrected chi connectivity index (χ2v) is 7.33. The van der Waals surface area contributed by atoms with Crippen molar-refractivity contribution in [2.24, 2.45) is 0 Å². The van der Waals surface area contributed by atoms with Crippen molar-refractivity contribution >= 4 is 5.91 Å². The average molecular weight is 354 g/mol. The van der Waals surface area contributed by atoms with Crippen LogP contribution in [0.2, 0.25) is 0 Å². The summed E-state index contributed by atoms with van der Waals surface area (Å²) in [6.07, 6.45) is 5.05. The molecule has 1 aromatic heterocycles. The molecule has 0 aliphatic heterocycles. The van der Waals surface area contributed by atoms with Crippen molar-refractivity contribution in [3.05, 3.63) is 52.8 Å². The van der Waals surface area contributed by atoms with Crippen molar-refractivity contribution in [2.45, 2.75) is 51.6 Å². The summed E-state index contributed by atoms with van der Waals surface area (Å²) >= 11 is 0. The summed E-state index contributed by atoms with van der Waals surface area (Å²) in [6, 6.07) is 11.0. The molecule has 1 N–H and O–H groups in total. The largest absolute Gasteiger partial charge is 0.343 e. The van der Waals surface area contributed by atoms with Crippen molar-refractivity contribution in [1.29, 1.82) is 0 Å². The molecule has 0 fully saturated rings. The molecule has 26 heavy (non-hydrogen) atoms. The van der Waals surface area contributed by atoms with E-state index in [1.165, 1.54) is 11.3 Å². The molecular formula is C21H30N4O. The zero-order valence-electron chi connectivity index (χ0n) is 16.2. The van der Waals surface area contributed by atoms with Crippen LogP contribution in [0.4, 0.5) is 0 Å². The molecule has 1 aliphatic carbocycles. The normalized spacial score (nSPS) is 16.3. The van der Waals surface area contributed by atoms with Gasteiger partial charge in [-0.2, -0.15) is 5.10 Å². The summed E-state index contributed by atoms with van der Waals surface area (Å²) in [5.74, 6) is 0.0149. The fraction of sp³-hybridized carbons (Fsp3) is 0.524. The van der Waals surface area contributed by atoms with E-state index >= 15 is 0 Å². The molecule has 140 valence electrons. The Labute approximate surface area is 156 Å². The monoisotopic (exact) mass is 354 g/mol. The van der Waals surface area contributed by atoms with E-state index < -0.39 is 0 Å². The van der Waals surface area contributed by atoms with Crippen molar-refractivity contribution in [1.82, 2.24) is 20.0 Å². The third-order valence-electron chi connectivity index (χ3n) is 5.08. The summed E-state index contributed by atoms with van der Waals surface area (Å²) in [5, 5.41) is 8.35. The third-order valence-corrected chi connectivity index (χ3v) is 5.08. The van der Waals surface area contributed by atoms with Crippen LogP contribution in [-0.4, -0.2) is 47.3 Å². The van der Waals surface area contributed by atoms with Crippen LogP contribution in [0.3, 0.4) is 0 Å². The Hall–Kier alpha value is -2.14. The van der Waals surface area contributed by atoms with Crippen LogP contribution >= 0.6 is 0 Å². The number of fused-ring (bicyclic) bond motifs is 1. The average Bonchev–Trinajstić information content (AvgIpc) is 3.00. The number of hydrogen-bond donors (Lipinski definition) is 1. The third kappa shape index (κ3) is 4.15. The van der Waals surface area contributed by atoms with Gasteiger partial charge in [0.05, 0.1) is 0 Å². The standard InChI is InChI=1S/C21H30N4O/c1-4-14-25-19-11-10-17(22-13-12-16-8-6-5-7-9-16)15-18(19)20(23-25)21(26)24(2)3/h5-9,17,22H,4,10-15H2,1-3H3/t17-/m0/s1. The van der Waals surface area contributed by atoms with Gasteiger partial charge < -0.3 is 10.2 Å². The summed E-state index contributed by atoms with van der Waals surface area (Å²) < 4.78 is 2.06. The number of carbonyl (C=O) groups excluding carboxylic acids is 1. The number of rotatable bonds is 7. The van der Waals surface area contributed by atoms with E-state index in [0.717, 1.165) is 50.8 Å². The summed E-state index contributed by atoms with van der Waals surface area (Å²) in [5.41, 5.74) is 4.42. The highest BCUT2D eigenvalue weighted by Gasteiger charge is 2.29. The minimum Gasteiger partial charge on any atom is -0.343 e. The predicted octanol–water partition coefficient (Wildman–Crippen LogP) is 2.68. The van der Waals surface area contributed by atoms with Gasteiger partial charge in [-0.15, -0.1) is 0 Å². The molecule has 1 heterocycles. The Bertz CT molecular complexity index is 736. The van der Waals surface area contributed by atoms with Gasteiger partial charge in [0, 0.05) is 37.9 Å². The van der Waals surface area contributed by atoms with Gasteiger partial charge in [-0.3, -0.25) is 9.48 Å². The molecule has 1 amide bonds. The Morgan fingerprint density at radius 1 is 1.31 bits per heavy atom. The van der Waals surface area contributed by atoms with Crippen molar-refractivity contribution in [3.8, 4) is 0 Å². The van der Waals surface area contributed by atoms with E-state index in [1.54, 1.807) is 19.0 Å². The molecular weight excluding hydrogens is 324 g/mol. The van der Waals surface area contributed by atoms with Gasteiger partial charge in [0.2, 0.25) is 0 Å². The van der Waals surface area contributed by atoms with E-state index in [-0.39, 0.29) is 5.91 Å². The zero-order chi connectivity index (χ0) is 18.5. The molecule has 0 saturated carbocycles. The molecule has 1 aliphatic rings. The van der Waals surface area contributed by atoms with E-state index in [4.69, 9.17) is 0 Å². The molecule has 0 spiro atoms. The molecule has 5 nitrogen and oxygen atoms in total. The summed E-state index contributed by atoms with van der Waals surface area (Å²) in [4.78, 5) is 14.2. The molecule has 2 aromatic rings. The van der Waals surface area contributed by atoms with Crippen LogP contribution in [0.15, 0.2) is 30.3 Å². The molecule has 1 aromatic carbocycles. The van der Waals surface area contributed by atoms with Gasteiger partial charge in [-0.1, -0.05) is 37.3 Å². The first-order chi connectivity index (χ1) is 12.6. The van der Waals surface area contributed by atoms with Crippen LogP contribution in [0, 0.1) is 0 Å². The lowest BCUT2D eigenvalue weighted by Crippen LogP contribution is -2.36. The van der Waals surface area contributed by atoms with Gasteiger partial charge in [0.25, 0.3) is 5.91 Å². The Morgan fingerprint density at radius 3 is 2.77 bits per heavy atom. The number of amides is 1. The smallest absolute Gasteiger partial charge is 0.274 e. The number of nitrogens with one attached hydrogen (secondary N) is 1. The number of aryl methyl sites for hydroxylation is 1. The van der Waals surface area contributed by atoms with Crippen LogP contribution < -0.4 is 5.32 Å². The molecule has 3 rings (SSSR count). The number of carbonyl (C=O) groups is 1. The highest BCUT2D eigenvalue weighted by molar-refractivity contribution is 5.93. The van der Waals surface area contributed by atoms with Crippen LogP contribution in [0.1, 0.15) is 47.1 Å². The number of nitrogens with zero attached hydrogens (tertiary/aromatic N) is 3. The van der Waals surface area contributed by atoms with E-state index in [0.29, 0.717) is 11.7 Å². The van der Waals surface area contributed by atoms with Gasteiger partial charge in [-0.05, 0) is 44.2 Å². The van der Waals surface area contributed by atoms with Gasteiger partial charge in [0.1, 0.15) is 0 Å². The number of hydrogen-bond acceptors (Lipinski definition) is 3. The molecule has 0 radical (unpaired) electrons. The molecule has 0 bridgehead atoms. The van der Waals surface area contributed by atoms with Gasteiger partial charge in [-0.25, -0.2) is 0 Å². The van der Waals surface area contributed by atoms with Crippen LogP contribution in [0.5, 0.6) is 0 Å². The Balaban J connectivity index is 1.69. The molecule has 0 saturated heterocycles. The van der Waals surface area contributed by atoms with E-state index in [1.807, 2.05) is 0 Å². The SMILES string of the molecule is CCCn1nc(C(=O)N(C)C)c2c1CC[C@H](NCCc1ccccc1)C2. The Kier molecular flexibility index (Phi) is 6.09. The molecule has 1 atom stereocenters. The maximum absolute atomic E-state index is 12.6. The van der Waals surface area contributed by atoms with E-state index in [2.05, 4.69) is 52.4 Å². The van der Waals surface area contributed by atoms with E-state index in [9.17, 15) is 4.79 Å². The maximum atomic E-state index is 12.6. The van der Waals surface area contributed by atoms with Crippen LogP contribution in [0.25, 0.3) is 0 Å². The minimum atomic E-state index is 0.0149. The van der Waals surface area contributed by atoms with Gasteiger partial charge in [0.15, 0.2) is 5.69 Å². The lowest BCUT2D eigenvalue weighted by molar-refractivity contribution is 0.0819. The van der Waals surface area contributed by atoms with Crippen molar-refractivity contribution < 1.29 is 4.79 Å². The predicted molar refractivity (Wildman–Crippen MR) is 104 cm³/mol.